The van der Waals surface area contributed by atoms with E-state index in [1.807, 2.05) is 11.9 Å². The summed E-state index contributed by atoms with van der Waals surface area (Å²) in [6.07, 6.45) is 0.795. The molecule has 34 heavy (non-hydrogen) atoms. The van der Waals surface area contributed by atoms with Crippen molar-refractivity contribution < 1.29 is 23.1 Å². The van der Waals surface area contributed by atoms with Crippen LogP contribution in [0.25, 0.3) is 5.57 Å². The molecule has 0 bridgehead atoms. The van der Waals surface area contributed by atoms with Crippen molar-refractivity contribution in [2.75, 3.05) is 46.1 Å². The Hall–Kier alpha value is -3.04. The van der Waals surface area contributed by atoms with E-state index in [-0.39, 0.29) is 18.7 Å². The molecule has 2 aromatic carbocycles. The van der Waals surface area contributed by atoms with Crippen LogP contribution in [0.2, 0.25) is 0 Å². The number of urea groups is 1. The number of likely N-dealkylation sites (tertiary alicyclic amines) is 1. The SMILES string of the molecule is CN1CCC(N(C)C(=O)N2CC(c3cc(F)ccc3F)=C[C@@]2(CO)c2cccc(N)c2)C(F)C1. The van der Waals surface area contributed by atoms with Crippen LogP contribution in [0.3, 0.4) is 0 Å². The van der Waals surface area contributed by atoms with E-state index >= 15 is 0 Å². The van der Waals surface area contributed by atoms with Crippen molar-refractivity contribution in [1.29, 1.82) is 0 Å². The van der Waals surface area contributed by atoms with Crippen LogP contribution in [0.5, 0.6) is 0 Å². The molecule has 182 valence electrons. The maximum atomic E-state index is 14.9. The lowest BCUT2D eigenvalue weighted by Gasteiger charge is -2.43. The predicted molar refractivity (Wildman–Crippen MR) is 125 cm³/mol. The highest BCUT2D eigenvalue weighted by Crippen LogP contribution is 2.42. The fourth-order valence-electron chi connectivity index (χ4n) is 4.95. The fraction of sp³-hybridized carbons (Fsp3) is 0.400. The van der Waals surface area contributed by atoms with Crippen LogP contribution in [0, 0.1) is 11.6 Å². The monoisotopic (exact) mass is 474 g/mol. The maximum absolute atomic E-state index is 14.9. The highest BCUT2D eigenvalue weighted by atomic mass is 19.1. The first-order chi connectivity index (χ1) is 16.2. The number of anilines is 1. The molecule has 0 aromatic heterocycles. The zero-order valence-corrected chi connectivity index (χ0v) is 19.2. The number of hydrogen-bond donors (Lipinski definition) is 2. The zero-order chi connectivity index (χ0) is 24.6. The molecule has 0 saturated carbocycles. The number of nitrogens with zero attached hydrogens (tertiary/aromatic N) is 3. The van der Waals surface area contributed by atoms with Gasteiger partial charge >= 0.3 is 6.03 Å². The molecule has 0 spiro atoms. The van der Waals surface area contributed by atoms with Crippen molar-refractivity contribution >= 4 is 17.3 Å². The van der Waals surface area contributed by atoms with Gasteiger partial charge < -0.3 is 25.5 Å². The third-order valence-corrected chi connectivity index (χ3v) is 6.87. The van der Waals surface area contributed by atoms with Crippen LogP contribution in [0.1, 0.15) is 17.5 Å². The van der Waals surface area contributed by atoms with E-state index in [9.17, 15) is 23.1 Å². The van der Waals surface area contributed by atoms with Crippen molar-refractivity contribution in [2.45, 2.75) is 24.2 Å². The molecule has 2 heterocycles. The number of halogens is 3. The van der Waals surface area contributed by atoms with E-state index in [2.05, 4.69) is 0 Å². The Kier molecular flexibility index (Phi) is 6.60. The summed E-state index contributed by atoms with van der Waals surface area (Å²) in [5, 5.41) is 10.6. The first-order valence-electron chi connectivity index (χ1n) is 11.2. The van der Waals surface area contributed by atoms with Crippen molar-refractivity contribution in [1.82, 2.24) is 14.7 Å². The minimum atomic E-state index is -1.38. The van der Waals surface area contributed by atoms with Crippen molar-refractivity contribution in [3.8, 4) is 0 Å². The van der Waals surface area contributed by atoms with E-state index < -0.39 is 42.0 Å². The maximum Gasteiger partial charge on any atom is 0.321 e. The summed E-state index contributed by atoms with van der Waals surface area (Å²) in [5.74, 6) is -1.27. The zero-order valence-electron chi connectivity index (χ0n) is 19.2. The second-order valence-electron chi connectivity index (χ2n) is 9.12. The Balaban J connectivity index is 1.77. The summed E-state index contributed by atoms with van der Waals surface area (Å²) in [6, 6.07) is 8.65. The number of benzene rings is 2. The number of alkyl halides is 1. The molecule has 6 nitrogen and oxygen atoms in total. The molecular formula is C25H29F3N4O2. The van der Waals surface area contributed by atoms with Crippen LogP contribution < -0.4 is 5.73 Å². The smallest absolute Gasteiger partial charge is 0.321 e. The largest absolute Gasteiger partial charge is 0.399 e. The Bertz CT molecular complexity index is 1110. The number of amides is 2. The van der Waals surface area contributed by atoms with Crippen molar-refractivity contribution in [3.05, 3.63) is 71.3 Å². The predicted octanol–water partition coefficient (Wildman–Crippen LogP) is 3.23. The fourth-order valence-corrected chi connectivity index (χ4v) is 4.95. The number of piperidine rings is 1. The molecule has 0 radical (unpaired) electrons. The number of carbonyl (C=O) groups is 1. The quantitative estimate of drug-likeness (QED) is 0.668. The second kappa shape index (κ2) is 9.31. The molecule has 2 amide bonds. The first kappa shape index (κ1) is 24.1. The van der Waals surface area contributed by atoms with E-state index in [4.69, 9.17) is 5.73 Å². The van der Waals surface area contributed by atoms with Crippen LogP contribution >= 0.6 is 0 Å². The van der Waals surface area contributed by atoms with Gasteiger partial charge in [0.15, 0.2) is 0 Å². The molecule has 9 heteroatoms. The van der Waals surface area contributed by atoms with Gasteiger partial charge in [0.05, 0.1) is 12.6 Å². The summed E-state index contributed by atoms with van der Waals surface area (Å²) < 4.78 is 43.5. The molecule has 2 unspecified atom stereocenters. The summed E-state index contributed by atoms with van der Waals surface area (Å²) in [5.41, 5.74) is 5.88. The van der Waals surface area contributed by atoms with Gasteiger partial charge in [-0.1, -0.05) is 12.1 Å². The Morgan fingerprint density at radius 1 is 1.26 bits per heavy atom. The van der Waals surface area contributed by atoms with Crippen LogP contribution in [-0.4, -0.2) is 78.4 Å². The molecule has 2 aliphatic heterocycles. The highest BCUT2D eigenvalue weighted by Gasteiger charge is 2.47. The number of nitrogens with two attached hydrogens (primary N) is 1. The van der Waals surface area contributed by atoms with Gasteiger partial charge in [-0.3, -0.25) is 0 Å². The molecule has 4 rings (SSSR count). The number of carbonyl (C=O) groups excluding carboxylic acids is 1. The highest BCUT2D eigenvalue weighted by molar-refractivity contribution is 5.84. The van der Waals surface area contributed by atoms with Gasteiger partial charge in [-0.2, -0.15) is 0 Å². The number of hydrogen-bond acceptors (Lipinski definition) is 4. The molecule has 2 aliphatic rings. The van der Waals surface area contributed by atoms with Crippen molar-refractivity contribution in [3.63, 3.8) is 0 Å². The molecular weight excluding hydrogens is 445 g/mol. The average Bonchev–Trinajstić information content (AvgIpc) is 3.20. The summed E-state index contributed by atoms with van der Waals surface area (Å²) in [7, 11) is 3.36. The van der Waals surface area contributed by atoms with Gasteiger partial charge in [-0.15, -0.1) is 0 Å². The molecule has 1 saturated heterocycles. The second-order valence-corrected chi connectivity index (χ2v) is 9.12. The van der Waals surface area contributed by atoms with E-state index in [0.29, 0.717) is 29.8 Å². The van der Waals surface area contributed by atoms with Gasteiger partial charge in [-0.25, -0.2) is 18.0 Å². The number of nitrogen functional groups attached to an aromatic ring is 1. The van der Waals surface area contributed by atoms with Crippen LogP contribution in [0.4, 0.5) is 23.7 Å². The van der Waals surface area contributed by atoms with Gasteiger partial charge in [0.1, 0.15) is 23.3 Å². The van der Waals surface area contributed by atoms with Crippen LogP contribution in [0.15, 0.2) is 48.5 Å². The summed E-state index contributed by atoms with van der Waals surface area (Å²) >= 11 is 0. The lowest BCUT2D eigenvalue weighted by molar-refractivity contribution is 0.0417. The third-order valence-electron chi connectivity index (χ3n) is 6.87. The van der Waals surface area contributed by atoms with Crippen LogP contribution in [-0.2, 0) is 5.54 Å². The number of aliphatic hydroxyl groups excluding tert-OH is 1. The topological polar surface area (TPSA) is 73.0 Å². The molecule has 3 atom stereocenters. The Morgan fingerprint density at radius 3 is 2.71 bits per heavy atom. The first-order valence-corrected chi connectivity index (χ1v) is 11.2. The minimum absolute atomic E-state index is 0.00217. The lowest BCUT2D eigenvalue weighted by atomic mass is 9.89. The standard InChI is InChI=1S/C25H29F3N4O2/c1-30-9-8-23(22(28)14-30)31(2)24(34)32-13-16(20-11-18(26)6-7-21(20)27)12-25(32,15-33)17-4-3-5-19(29)10-17/h3-7,10-12,22-23,33H,8-9,13-15,29H2,1-2H3/t22?,23?,25-/m1/s1. The molecule has 3 N–H and O–H groups in total. The van der Waals surface area contributed by atoms with E-state index in [1.54, 1.807) is 30.3 Å². The summed E-state index contributed by atoms with van der Waals surface area (Å²) in [6.45, 7) is 0.229. The minimum Gasteiger partial charge on any atom is -0.399 e. The molecule has 1 fully saturated rings. The van der Waals surface area contributed by atoms with E-state index in [0.717, 1.165) is 18.2 Å². The van der Waals surface area contributed by atoms with Crippen molar-refractivity contribution in [2.24, 2.45) is 0 Å². The average molecular weight is 475 g/mol. The van der Waals surface area contributed by atoms with Gasteiger partial charge in [0, 0.05) is 37.9 Å². The normalized spacial score (nSPS) is 25.4. The number of aliphatic hydroxyl groups is 1. The van der Waals surface area contributed by atoms with Gasteiger partial charge in [0.25, 0.3) is 0 Å². The number of rotatable bonds is 4. The Morgan fingerprint density at radius 2 is 2.03 bits per heavy atom. The Labute approximate surface area is 197 Å². The molecule has 0 aliphatic carbocycles. The summed E-state index contributed by atoms with van der Waals surface area (Å²) in [4.78, 5) is 18.4. The van der Waals surface area contributed by atoms with E-state index in [1.165, 1.54) is 16.8 Å². The third kappa shape index (κ3) is 4.25. The molecule has 2 aromatic rings. The lowest BCUT2D eigenvalue weighted by Crippen LogP contribution is -2.58. The van der Waals surface area contributed by atoms with Gasteiger partial charge in [0.2, 0.25) is 0 Å². The van der Waals surface area contributed by atoms with Gasteiger partial charge in [-0.05, 0) is 61.0 Å².